The van der Waals surface area contributed by atoms with E-state index in [4.69, 9.17) is 0 Å². The van der Waals surface area contributed by atoms with Crippen LogP contribution < -0.4 is 10.2 Å². The minimum Gasteiger partial charge on any atom is -0.508 e. The Bertz CT molecular complexity index is 441. The van der Waals surface area contributed by atoms with E-state index in [1.54, 1.807) is 12.1 Å². The Morgan fingerprint density at radius 3 is 3.27 bits per heavy atom. The molecular weight excluding hydrogens is 190 g/mol. The smallest absolute Gasteiger partial charge is 0.203 e. The van der Waals surface area contributed by atoms with Gasteiger partial charge in [-0.25, -0.2) is 4.99 Å². The van der Waals surface area contributed by atoms with E-state index in [1.807, 2.05) is 6.07 Å². The number of benzene rings is 1. The molecule has 15 heavy (non-hydrogen) atoms. The largest absolute Gasteiger partial charge is 0.508 e. The lowest BCUT2D eigenvalue weighted by Crippen LogP contribution is -2.37. The van der Waals surface area contributed by atoms with Crippen molar-refractivity contribution >= 4 is 17.3 Å². The van der Waals surface area contributed by atoms with E-state index in [2.05, 4.69) is 22.1 Å². The summed E-state index contributed by atoms with van der Waals surface area (Å²) in [5.41, 5.74) is 2.06. The van der Waals surface area contributed by atoms with Gasteiger partial charge in [0.25, 0.3) is 0 Å². The highest BCUT2D eigenvalue weighted by molar-refractivity contribution is 6.15. The van der Waals surface area contributed by atoms with Gasteiger partial charge >= 0.3 is 0 Å². The summed E-state index contributed by atoms with van der Waals surface area (Å²) in [7, 11) is 0. The summed E-state index contributed by atoms with van der Waals surface area (Å²) in [6.45, 7) is 3.11. The maximum absolute atomic E-state index is 9.38. The molecule has 3 rings (SSSR count). The second-order valence-corrected chi connectivity index (χ2v) is 4.07. The third-order valence-electron chi connectivity index (χ3n) is 2.89. The lowest BCUT2D eigenvalue weighted by molar-refractivity contribution is 0.475. The number of aliphatic imine (C=N–C) groups is 1. The van der Waals surface area contributed by atoms with Crippen LogP contribution in [0.25, 0.3) is 0 Å². The Kier molecular flexibility index (Phi) is 1.65. The van der Waals surface area contributed by atoms with Crippen molar-refractivity contribution in [3.05, 3.63) is 18.2 Å². The average Bonchev–Trinajstić information content (AvgIpc) is 2.53. The first kappa shape index (κ1) is 8.59. The van der Waals surface area contributed by atoms with Gasteiger partial charge in [0.1, 0.15) is 5.75 Å². The topological polar surface area (TPSA) is 47.9 Å². The predicted octanol–water partition coefficient (Wildman–Crippen LogP) is 1.77. The quantitative estimate of drug-likeness (QED) is 0.675. The number of hydrogen-bond donors (Lipinski definition) is 2. The molecule has 0 saturated heterocycles. The van der Waals surface area contributed by atoms with Crippen LogP contribution in [-0.2, 0) is 0 Å². The van der Waals surface area contributed by atoms with Gasteiger partial charge < -0.3 is 15.3 Å². The molecular formula is C11H13N3O. The van der Waals surface area contributed by atoms with Crippen LogP contribution >= 0.6 is 0 Å². The Balaban J connectivity index is 2.06. The molecule has 0 fully saturated rings. The van der Waals surface area contributed by atoms with Gasteiger partial charge in [-0.3, -0.25) is 0 Å². The fraction of sp³-hybridized carbons (Fsp3) is 0.364. The summed E-state index contributed by atoms with van der Waals surface area (Å²) in [6, 6.07) is 5.75. The first-order valence-electron chi connectivity index (χ1n) is 5.19. The number of phenolic OH excluding ortho intramolecular Hbond substituents is 1. The van der Waals surface area contributed by atoms with Gasteiger partial charge in [-0.1, -0.05) is 0 Å². The summed E-state index contributed by atoms with van der Waals surface area (Å²) >= 11 is 0. The number of nitrogens with zero attached hydrogens (tertiary/aromatic N) is 2. The van der Waals surface area contributed by atoms with Crippen molar-refractivity contribution in [3.8, 4) is 5.75 Å². The van der Waals surface area contributed by atoms with E-state index in [0.29, 0.717) is 6.04 Å². The molecule has 1 atom stereocenters. The van der Waals surface area contributed by atoms with Crippen molar-refractivity contribution < 1.29 is 5.11 Å². The first-order valence-corrected chi connectivity index (χ1v) is 5.19. The van der Waals surface area contributed by atoms with Crippen LogP contribution in [0, 0.1) is 0 Å². The summed E-state index contributed by atoms with van der Waals surface area (Å²) in [5.74, 6) is 1.20. The minimum absolute atomic E-state index is 0.287. The lowest BCUT2D eigenvalue weighted by atomic mass is 10.2. The van der Waals surface area contributed by atoms with Crippen LogP contribution in [0.2, 0.25) is 0 Å². The molecule has 78 valence electrons. The molecule has 0 amide bonds. The van der Waals surface area contributed by atoms with Gasteiger partial charge in [0.15, 0.2) is 0 Å². The number of hydrogen-bond acceptors (Lipinski definition) is 4. The average molecular weight is 203 g/mol. The molecule has 2 N–H and O–H groups in total. The fourth-order valence-electron chi connectivity index (χ4n) is 2.08. The highest BCUT2D eigenvalue weighted by atomic mass is 16.3. The van der Waals surface area contributed by atoms with E-state index < -0.39 is 0 Å². The molecule has 0 saturated carbocycles. The number of fused-ring (bicyclic) bond motifs is 3. The molecule has 2 aliphatic heterocycles. The summed E-state index contributed by atoms with van der Waals surface area (Å²) < 4.78 is 0. The van der Waals surface area contributed by atoms with Gasteiger partial charge in [0.05, 0.1) is 17.4 Å². The molecule has 1 aromatic carbocycles. The third-order valence-corrected chi connectivity index (χ3v) is 2.89. The van der Waals surface area contributed by atoms with Gasteiger partial charge in [0, 0.05) is 12.6 Å². The van der Waals surface area contributed by atoms with Crippen molar-refractivity contribution in [2.24, 2.45) is 4.99 Å². The molecule has 0 radical (unpaired) electrons. The minimum atomic E-state index is 0.287. The van der Waals surface area contributed by atoms with E-state index in [-0.39, 0.29) is 5.75 Å². The normalized spacial score (nSPS) is 22.9. The van der Waals surface area contributed by atoms with Crippen LogP contribution in [0.5, 0.6) is 5.75 Å². The highest BCUT2D eigenvalue weighted by Gasteiger charge is 2.28. The van der Waals surface area contributed by atoms with Crippen LogP contribution in [0.15, 0.2) is 23.2 Å². The van der Waals surface area contributed by atoms with E-state index in [0.717, 1.165) is 30.3 Å². The molecule has 0 spiro atoms. The number of guanidine groups is 1. The zero-order valence-electron chi connectivity index (χ0n) is 8.57. The molecule has 4 heteroatoms. The van der Waals surface area contributed by atoms with E-state index in [1.165, 1.54) is 0 Å². The van der Waals surface area contributed by atoms with Crippen molar-refractivity contribution in [1.29, 1.82) is 0 Å². The zero-order valence-corrected chi connectivity index (χ0v) is 8.57. The molecule has 1 unspecified atom stereocenters. The number of phenols is 1. The van der Waals surface area contributed by atoms with Crippen LogP contribution in [0.4, 0.5) is 11.4 Å². The number of nitrogens with one attached hydrogen (secondary N) is 1. The highest BCUT2D eigenvalue weighted by Crippen LogP contribution is 2.36. The van der Waals surface area contributed by atoms with E-state index >= 15 is 0 Å². The Morgan fingerprint density at radius 1 is 1.53 bits per heavy atom. The predicted molar refractivity (Wildman–Crippen MR) is 60.6 cm³/mol. The third kappa shape index (κ3) is 1.25. The summed E-state index contributed by atoms with van der Waals surface area (Å²) in [5, 5.41) is 12.6. The maximum atomic E-state index is 9.38. The van der Waals surface area contributed by atoms with Crippen molar-refractivity contribution in [2.75, 3.05) is 16.8 Å². The molecule has 1 aromatic rings. The second-order valence-electron chi connectivity index (χ2n) is 4.07. The SMILES string of the molecule is CC1CCN2C(=N1)Nc1cc(O)ccc12. The molecule has 2 heterocycles. The van der Waals surface area contributed by atoms with Crippen molar-refractivity contribution in [3.63, 3.8) is 0 Å². The molecule has 0 bridgehead atoms. The Hall–Kier alpha value is -1.71. The van der Waals surface area contributed by atoms with Gasteiger partial charge in [-0.2, -0.15) is 0 Å². The summed E-state index contributed by atoms with van der Waals surface area (Å²) in [6.07, 6.45) is 1.07. The molecule has 0 aliphatic carbocycles. The monoisotopic (exact) mass is 203 g/mol. The van der Waals surface area contributed by atoms with Crippen molar-refractivity contribution in [1.82, 2.24) is 0 Å². The molecule has 2 aliphatic rings. The van der Waals surface area contributed by atoms with Crippen molar-refractivity contribution in [2.45, 2.75) is 19.4 Å². The maximum Gasteiger partial charge on any atom is 0.203 e. The van der Waals surface area contributed by atoms with Crippen LogP contribution in [0.1, 0.15) is 13.3 Å². The standard InChI is InChI=1S/C11H13N3O/c1-7-4-5-14-10-3-2-8(15)6-9(10)13-11(14)12-7/h2-3,6-7,15H,4-5H2,1H3,(H,12,13). The number of anilines is 2. The van der Waals surface area contributed by atoms with Gasteiger partial charge in [-0.05, 0) is 25.5 Å². The Labute approximate surface area is 88.2 Å². The molecule has 0 aromatic heterocycles. The lowest BCUT2D eigenvalue weighted by Gasteiger charge is -2.25. The number of rotatable bonds is 0. The second kappa shape index (κ2) is 2.89. The molecule has 4 nitrogen and oxygen atoms in total. The fourth-order valence-corrected chi connectivity index (χ4v) is 2.08. The first-order chi connectivity index (χ1) is 7.24. The number of aromatic hydroxyl groups is 1. The van der Waals surface area contributed by atoms with Crippen LogP contribution in [0.3, 0.4) is 0 Å². The van der Waals surface area contributed by atoms with Crippen LogP contribution in [-0.4, -0.2) is 23.7 Å². The zero-order chi connectivity index (χ0) is 10.4. The van der Waals surface area contributed by atoms with E-state index in [9.17, 15) is 5.11 Å². The Morgan fingerprint density at radius 2 is 2.40 bits per heavy atom. The van der Waals surface area contributed by atoms with Gasteiger partial charge in [0.2, 0.25) is 5.96 Å². The summed E-state index contributed by atoms with van der Waals surface area (Å²) in [4.78, 5) is 6.70. The van der Waals surface area contributed by atoms with Gasteiger partial charge in [-0.15, -0.1) is 0 Å².